The van der Waals surface area contributed by atoms with Crippen molar-refractivity contribution in [2.45, 2.75) is 32.2 Å². The predicted octanol–water partition coefficient (Wildman–Crippen LogP) is -0.404. The molecule has 1 fully saturated rings. The average molecular weight is 216 g/mol. The second-order valence-corrected chi connectivity index (χ2v) is 3.96. The molecule has 0 spiro atoms. The maximum absolute atomic E-state index is 11.9. The number of ether oxygens (including phenoxy) is 2. The molecule has 0 aromatic heterocycles. The Hall–Kier alpha value is -0.650. The van der Waals surface area contributed by atoms with E-state index in [1.807, 2.05) is 13.8 Å². The van der Waals surface area contributed by atoms with Crippen molar-refractivity contribution < 1.29 is 14.3 Å². The monoisotopic (exact) mass is 216 g/mol. The maximum atomic E-state index is 11.9. The van der Waals surface area contributed by atoms with Crippen LogP contribution < -0.4 is 5.73 Å². The Bertz CT molecular complexity index is 209. The number of carbonyl (C=O) groups excluding carboxylic acids is 1. The number of amides is 1. The van der Waals surface area contributed by atoms with E-state index < -0.39 is 6.10 Å². The number of hydrogen-bond donors (Lipinski definition) is 1. The third kappa shape index (κ3) is 3.15. The summed E-state index contributed by atoms with van der Waals surface area (Å²) in [6.07, 6.45) is -0.372. The fraction of sp³-hybridized carbons (Fsp3) is 0.900. The smallest absolute Gasteiger partial charge is 0.253 e. The Balaban J connectivity index is 2.58. The summed E-state index contributed by atoms with van der Waals surface area (Å²) in [6.45, 7) is 5.36. The van der Waals surface area contributed by atoms with Crippen LogP contribution in [0.1, 0.15) is 13.8 Å². The highest BCUT2D eigenvalue weighted by molar-refractivity contribution is 5.81. The summed E-state index contributed by atoms with van der Waals surface area (Å²) in [5.41, 5.74) is 5.46. The molecule has 5 nitrogen and oxygen atoms in total. The fourth-order valence-electron chi connectivity index (χ4n) is 1.86. The number of methoxy groups -OCH3 is 1. The molecule has 0 aromatic rings. The van der Waals surface area contributed by atoms with Gasteiger partial charge in [0.15, 0.2) is 0 Å². The van der Waals surface area contributed by atoms with Crippen LogP contribution in [0.25, 0.3) is 0 Å². The van der Waals surface area contributed by atoms with Crippen LogP contribution in [-0.2, 0) is 14.3 Å². The van der Waals surface area contributed by atoms with Crippen molar-refractivity contribution in [3.63, 3.8) is 0 Å². The Morgan fingerprint density at radius 1 is 1.53 bits per heavy atom. The molecule has 1 heterocycles. The van der Waals surface area contributed by atoms with Crippen molar-refractivity contribution in [2.24, 2.45) is 5.73 Å². The molecule has 1 aliphatic heterocycles. The molecule has 1 aliphatic rings. The van der Waals surface area contributed by atoms with Gasteiger partial charge >= 0.3 is 0 Å². The van der Waals surface area contributed by atoms with E-state index >= 15 is 0 Å². The molecular weight excluding hydrogens is 196 g/mol. The van der Waals surface area contributed by atoms with Gasteiger partial charge < -0.3 is 20.1 Å². The van der Waals surface area contributed by atoms with Gasteiger partial charge in [-0.05, 0) is 13.8 Å². The summed E-state index contributed by atoms with van der Waals surface area (Å²) in [6, 6.07) is 0. The van der Waals surface area contributed by atoms with E-state index in [0.29, 0.717) is 13.1 Å². The van der Waals surface area contributed by atoms with E-state index in [2.05, 4.69) is 0 Å². The highest BCUT2D eigenvalue weighted by atomic mass is 16.5. The summed E-state index contributed by atoms with van der Waals surface area (Å²) in [5, 5.41) is 0. The Morgan fingerprint density at radius 3 is 2.47 bits per heavy atom. The van der Waals surface area contributed by atoms with Gasteiger partial charge in [-0.2, -0.15) is 0 Å². The van der Waals surface area contributed by atoms with Crippen LogP contribution in [0.4, 0.5) is 0 Å². The minimum atomic E-state index is -0.525. The summed E-state index contributed by atoms with van der Waals surface area (Å²) in [4.78, 5) is 13.7. The van der Waals surface area contributed by atoms with E-state index in [1.54, 1.807) is 4.90 Å². The van der Waals surface area contributed by atoms with E-state index in [4.69, 9.17) is 15.2 Å². The second-order valence-electron chi connectivity index (χ2n) is 3.96. The first kappa shape index (κ1) is 12.4. The maximum Gasteiger partial charge on any atom is 0.253 e. The van der Waals surface area contributed by atoms with Gasteiger partial charge in [0.1, 0.15) is 6.10 Å². The topological polar surface area (TPSA) is 64.8 Å². The molecule has 0 radical (unpaired) electrons. The van der Waals surface area contributed by atoms with Gasteiger partial charge in [-0.15, -0.1) is 0 Å². The normalized spacial score (nSPS) is 28.9. The van der Waals surface area contributed by atoms with E-state index in [0.717, 1.165) is 0 Å². The number of hydrogen-bond acceptors (Lipinski definition) is 4. The summed E-state index contributed by atoms with van der Waals surface area (Å²) < 4.78 is 10.6. The van der Waals surface area contributed by atoms with Crippen molar-refractivity contribution in [3.05, 3.63) is 0 Å². The highest BCUT2D eigenvalue weighted by Gasteiger charge is 2.29. The number of nitrogens with two attached hydrogens (primary N) is 1. The van der Waals surface area contributed by atoms with E-state index in [-0.39, 0.29) is 24.7 Å². The lowest BCUT2D eigenvalue weighted by atomic mass is 10.2. The van der Waals surface area contributed by atoms with Crippen LogP contribution in [0.3, 0.4) is 0 Å². The molecule has 0 aromatic carbocycles. The van der Waals surface area contributed by atoms with Gasteiger partial charge in [0, 0.05) is 26.7 Å². The highest BCUT2D eigenvalue weighted by Crippen LogP contribution is 2.12. The third-order valence-corrected chi connectivity index (χ3v) is 2.51. The predicted molar refractivity (Wildman–Crippen MR) is 56.4 cm³/mol. The van der Waals surface area contributed by atoms with Gasteiger partial charge in [-0.25, -0.2) is 0 Å². The lowest BCUT2D eigenvalue weighted by Crippen LogP contribution is -2.52. The van der Waals surface area contributed by atoms with Gasteiger partial charge in [-0.3, -0.25) is 4.79 Å². The third-order valence-electron chi connectivity index (χ3n) is 2.51. The van der Waals surface area contributed by atoms with Crippen LogP contribution in [0.2, 0.25) is 0 Å². The zero-order valence-corrected chi connectivity index (χ0v) is 9.60. The van der Waals surface area contributed by atoms with Crippen molar-refractivity contribution in [1.82, 2.24) is 4.90 Å². The van der Waals surface area contributed by atoms with Crippen molar-refractivity contribution in [2.75, 3.05) is 26.7 Å². The molecule has 0 bridgehead atoms. The van der Waals surface area contributed by atoms with Gasteiger partial charge in [0.2, 0.25) is 0 Å². The molecule has 2 N–H and O–H groups in total. The van der Waals surface area contributed by atoms with Crippen molar-refractivity contribution in [3.8, 4) is 0 Å². The van der Waals surface area contributed by atoms with E-state index in [9.17, 15) is 4.79 Å². The first-order valence-electron chi connectivity index (χ1n) is 5.25. The lowest BCUT2D eigenvalue weighted by Gasteiger charge is -2.36. The molecule has 1 amide bonds. The molecule has 3 atom stereocenters. The molecule has 3 unspecified atom stereocenters. The number of morpholine rings is 1. The molecule has 88 valence electrons. The largest absolute Gasteiger partial charge is 0.372 e. The number of rotatable bonds is 3. The molecule has 0 saturated carbocycles. The minimum absolute atomic E-state index is 0.0398. The summed E-state index contributed by atoms with van der Waals surface area (Å²) >= 11 is 0. The quantitative estimate of drug-likeness (QED) is 0.697. The minimum Gasteiger partial charge on any atom is -0.372 e. The molecule has 1 rings (SSSR count). The zero-order chi connectivity index (χ0) is 11.4. The summed E-state index contributed by atoms with van der Waals surface area (Å²) in [7, 11) is 1.50. The van der Waals surface area contributed by atoms with Crippen molar-refractivity contribution in [1.29, 1.82) is 0 Å². The Labute approximate surface area is 90.5 Å². The first-order chi connectivity index (χ1) is 7.08. The van der Waals surface area contributed by atoms with Crippen LogP contribution in [-0.4, -0.2) is 55.9 Å². The van der Waals surface area contributed by atoms with Gasteiger partial charge in [0.05, 0.1) is 12.2 Å². The first-order valence-corrected chi connectivity index (χ1v) is 5.25. The standard InChI is InChI=1S/C10H20N2O3/c1-7-5-12(6-8(2)15-7)10(13)9(4-11)14-3/h7-9H,4-6,11H2,1-3H3. The molecule has 1 saturated heterocycles. The average Bonchev–Trinajstić information content (AvgIpc) is 2.18. The summed E-state index contributed by atoms with van der Waals surface area (Å²) in [5.74, 6) is -0.0398. The molecule has 5 heteroatoms. The van der Waals surface area contributed by atoms with Crippen LogP contribution >= 0.6 is 0 Å². The SMILES string of the molecule is COC(CN)C(=O)N1CC(C)OC(C)C1. The zero-order valence-electron chi connectivity index (χ0n) is 9.60. The molecule has 15 heavy (non-hydrogen) atoms. The Kier molecular flexibility index (Phi) is 4.50. The van der Waals surface area contributed by atoms with E-state index in [1.165, 1.54) is 7.11 Å². The molecular formula is C10H20N2O3. The fourth-order valence-corrected chi connectivity index (χ4v) is 1.86. The van der Waals surface area contributed by atoms with Crippen LogP contribution in [0, 0.1) is 0 Å². The van der Waals surface area contributed by atoms with Crippen LogP contribution in [0.15, 0.2) is 0 Å². The van der Waals surface area contributed by atoms with Gasteiger partial charge in [-0.1, -0.05) is 0 Å². The van der Waals surface area contributed by atoms with Crippen LogP contribution in [0.5, 0.6) is 0 Å². The molecule has 0 aliphatic carbocycles. The van der Waals surface area contributed by atoms with Gasteiger partial charge in [0.25, 0.3) is 5.91 Å². The van der Waals surface area contributed by atoms with Crippen molar-refractivity contribution >= 4 is 5.91 Å². The number of nitrogens with zero attached hydrogens (tertiary/aromatic N) is 1. The lowest BCUT2D eigenvalue weighted by molar-refractivity contribution is -0.152. The second kappa shape index (κ2) is 5.44. The number of carbonyl (C=O) groups is 1. The Morgan fingerprint density at radius 2 is 2.07 bits per heavy atom.